The molecule has 0 bridgehead atoms. The number of carbonyl (C=O) groups excluding carboxylic acids is 1. The summed E-state index contributed by atoms with van der Waals surface area (Å²) in [5, 5.41) is 0. The Morgan fingerprint density at radius 1 is 1.11 bits per heavy atom. The van der Waals surface area contributed by atoms with Gasteiger partial charge in [-0.25, -0.2) is 8.42 Å². The van der Waals surface area contributed by atoms with Crippen LogP contribution in [0.5, 0.6) is 0 Å². The lowest BCUT2D eigenvalue weighted by atomic mass is 9.97. The molecular weight excluding hydrogens is 368 g/mol. The van der Waals surface area contributed by atoms with Gasteiger partial charge in [0.2, 0.25) is 15.9 Å². The average molecular weight is 392 g/mol. The Morgan fingerprint density at radius 2 is 1.81 bits per heavy atom. The van der Waals surface area contributed by atoms with Crippen LogP contribution in [0.2, 0.25) is 0 Å². The molecule has 8 heteroatoms. The van der Waals surface area contributed by atoms with Crippen molar-refractivity contribution >= 4 is 21.6 Å². The van der Waals surface area contributed by atoms with Gasteiger partial charge in [-0.3, -0.25) is 4.79 Å². The van der Waals surface area contributed by atoms with Crippen molar-refractivity contribution < 1.29 is 22.7 Å². The molecule has 0 aliphatic carbocycles. The van der Waals surface area contributed by atoms with Crippen LogP contribution < -0.4 is 4.90 Å². The molecule has 1 aromatic rings. The molecule has 0 radical (unpaired) electrons. The van der Waals surface area contributed by atoms with E-state index >= 15 is 0 Å². The lowest BCUT2D eigenvalue weighted by molar-refractivity contribution is -0.179. The van der Waals surface area contributed by atoms with Crippen LogP contribution >= 0.6 is 0 Å². The first-order valence-corrected chi connectivity index (χ1v) is 11.1. The van der Waals surface area contributed by atoms with Crippen molar-refractivity contribution in [3.8, 4) is 0 Å². The fraction of sp³-hybridized carbons (Fsp3) is 0.632. The number of sulfonamides is 1. The number of ether oxygens (including phenoxy) is 2. The van der Waals surface area contributed by atoms with E-state index in [1.807, 2.05) is 11.8 Å². The zero-order valence-electron chi connectivity index (χ0n) is 15.4. The molecule has 4 aliphatic heterocycles. The first-order valence-electron chi connectivity index (χ1n) is 9.68. The summed E-state index contributed by atoms with van der Waals surface area (Å²) in [7, 11) is -3.60. The Morgan fingerprint density at radius 3 is 2.52 bits per heavy atom. The predicted octanol–water partition coefficient (Wildman–Crippen LogP) is 1.61. The van der Waals surface area contributed by atoms with E-state index in [9.17, 15) is 13.2 Å². The van der Waals surface area contributed by atoms with Crippen LogP contribution in [0, 0.1) is 0 Å². The second-order valence-corrected chi connectivity index (χ2v) is 9.78. The maximum atomic E-state index is 13.3. The predicted molar refractivity (Wildman–Crippen MR) is 98.2 cm³/mol. The van der Waals surface area contributed by atoms with Gasteiger partial charge in [-0.2, -0.15) is 4.31 Å². The van der Waals surface area contributed by atoms with Crippen molar-refractivity contribution in [3.05, 3.63) is 23.3 Å². The van der Waals surface area contributed by atoms with Crippen molar-refractivity contribution in [2.24, 2.45) is 0 Å². The Balaban J connectivity index is 1.47. The minimum absolute atomic E-state index is 0.0796. The first-order chi connectivity index (χ1) is 12.9. The fourth-order valence-corrected chi connectivity index (χ4v) is 6.34. The number of carbonyl (C=O) groups is 1. The molecule has 1 atom stereocenters. The topological polar surface area (TPSA) is 76.2 Å². The minimum atomic E-state index is -3.60. The summed E-state index contributed by atoms with van der Waals surface area (Å²) in [5.74, 6) is -0.801. The van der Waals surface area contributed by atoms with Crippen LogP contribution in [0.25, 0.3) is 0 Å². The summed E-state index contributed by atoms with van der Waals surface area (Å²) in [6.45, 7) is 4.51. The largest absolute Gasteiger partial charge is 0.347 e. The van der Waals surface area contributed by atoms with Gasteiger partial charge in [0.05, 0.1) is 29.7 Å². The second kappa shape index (κ2) is 6.01. The molecule has 5 rings (SSSR count). The average Bonchev–Trinajstić information content (AvgIpc) is 3.22. The third-order valence-corrected chi connectivity index (χ3v) is 8.20. The summed E-state index contributed by atoms with van der Waals surface area (Å²) in [5.41, 5.74) is 2.78. The molecular formula is C19H24N2O5S. The summed E-state index contributed by atoms with van der Waals surface area (Å²) in [6, 6.07) is 3.49. The molecule has 2 saturated heterocycles. The van der Waals surface area contributed by atoms with Crippen LogP contribution in [0.4, 0.5) is 5.69 Å². The summed E-state index contributed by atoms with van der Waals surface area (Å²) in [4.78, 5) is 14.7. The van der Waals surface area contributed by atoms with Crippen LogP contribution in [-0.4, -0.2) is 57.3 Å². The molecule has 2 fully saturated rings. The molecule has 1 aromatic carbocycles. The number of benzene rings is 1. The molecule has 0 N–H and O–H groups in total. The molecule has 1 amide bonds. The molecule has 27 heavy (non-hydrogen) atoms. The van der Waals surface area contributed by atoms with Crippen molar-refractivity contribution in [1.82, 2.24) is 4.31 Å². The monoisotopic (exact) mass is 392 g/mol. The number of anilines is 1. The highest BCUT2D eigenvalue weighted by Gasteiger charge is 2.44. The first kappa shape index (κ1) is 17.6. The summed E-state index contributed by atoms with van der Waals surface area (Å²) >= 11 is 0. The van der Waals surface area contributed by atoms with Crippen molar-refractivity contribution in [1.29, 1.82) is 0 Å². The maximum Gasteiger partial charge on any atom is 0.243 e. The summed E-state index contributed by atoms with van der Waals surface area (Å²) < 4.78 is 39.5. The van der Waals surface area contributed by atoms with E-state index < -0.39 is 15.8 Å². The molecule has 146 valence electrons. The molecule has 4 heterocycles. The number of piperidine rings is 1. The molecule has 1 spiro atoms. The van der Waals surface area contributed by atoms with Gasteiger partial charge in [-0.05, 0) is 43.0 Å². The van der Waals surface area contributed by atoms with Crippen LogP contribution in [0.1, 0.15) is 43.2 Å². The van der Waals surface area contributed by atoms with E-state index in [4.69, 9.17) is 9.47 Å². The molecule has 4 aliphatic rings. The fourth-order valence-electron chi connectivity index (χ4n) is 4.82. The number of hydrogen-bond acceptors (Lipinski definition) is 5. The third-order valence-electron chi connectivity index (χ3n) is 6.33. The molecule has 7 nitrogen and oxygen atoms in total. The van der Waals surface area contributed by atoms with Gasteiger partial charge >= 0.3 is 0 Å². The molecule has 0 saturated carbocycles. The zero-order chi connectivity index (χ0) is 18.8. The Hall–Kier alpha value is -1.48. The van der Waals surface area contributed by atoms with Gasteiger partial charge in [0.25, 0.3) is 0 Å². The van der Waals surface area contributed by atoms with E-state index in [1.54, 1.807) is 12.1 Å². The third kappa shape index (κ3) is 2.57. The van der Waals surface area contributed by atoms with Crippen molar-refractivity contribution in [2.75, 3.05) is 37.7 Å². The molecule has 0 aromatic heterocycles. The number of nitrogens with zero attached hydrogens (tertiary/aromatic N) is 2. The van der Waals surface area contributed by atoms with Crippen molar-refractivity contribution in [3.63, 3.8) is 0 Å². The van der Waals surface area contributed by atoms with Gasteiger partial charge in [0, 0.05) is 32.5 Å². The quantitative estimate of drug-likeness (QED) is 0.764. The van der Waals surface area contributed by atoms with Crippen LogP contribution in [0.3, 0.4) is 0 Å². The van der Waals surface area contributed by atoms with E-state index in [2.05, 4.69) is 0 Å². The Kier molecular flexibility index (Phi) is 3.92. The highest BCUT2D eigenvalue weighted by atomic mass is 32.2. The maximum absolute atomic E-state index is 13.3. The van der Waals surface area contributed by atoms with Gasteiger partial charge in [0.1, 0.15) is 0 Å². The number of hydrogen-bond donors (Lipinski definition) is 0. The van der Waals surface area contributed by atoms with Crippen LogP contribution in [0.15, 0.2) is 17.0 Å². The van der Waals surface area contributed by atoms with Gasteiger partial charge in [0.15, 0.2) is 5.79 Å². The number of aryl methyl sites for hydroxylation is 1. The van der Waals surface area contributed by atoms with E-state index in [-0.39, 0.29) is 11.8 Å². The lowest BCUT2D eigenvalue weighted by Crippen LogP contribution is -2.47. The van der Waals surface area contributed by atoms with Gasteiger partial charge in [-0.15, -0.1) is 0 Å². The number of rotatable bonds is 2. The van der Waals surface area contributed by atoms with Gasteiger partial charge in [-0.1, -0.05) is 0 Å². The Bertz CT molecular complexity index is 897. The molecule has 0 unspecified atom stereocenters. The minimum Gasteiger partial charge on any atom is -0.347 e. The van der Waals surface area contributed by atoms with E-state index in [0.29, 0.717) is 44.0 Å². The SMILES string of the molecule is C[C@@H]1C(=O)N2CCCc3cc(S(=O)(=O)N4CCC5(CC4)OCCO5)cc1c32. The standard InChI is InChI=1S/C19H24N2O5S/c1-13-16-12-15(11-14-3-2-6-21(17(14)16)18(13)22)27(23,24)20-7-4-19(5-8-20)25-9-10-26-19/h11-13H,2-10H2,1H3/t13-/m0/s1. The summed E-state index contributed by atoms with van der Waals surface area (Å²) in [6.07, 6.45) is 2.78. The second-order valence-electron chi connectivity index (χ2n) is 7.85. The smallest absolute Gasteiger partial charge is 0.243 e. The lowest BCUT2D eigenvalue weighted by Gasteiger charge is -2.37. The zero-order valence-corrected chi connectivity index (χ0v) is 16.3. The number of amides is 1. The Labute approximate surface area is 159 Å². The van der Waals surface area contributed by atoms with Crippen LogP contribution in [-0.2, 0) is 30.7 Å². The van der Waals surface area contributed by atoms with E-state index in [0.717, 1.165) is 36.2 Å². The van der Waals surface area contributed by atoms with Gasteiger partial charge < -0.3 is 14.4 Å². The highest BCUT2D eigenvalue weighted by Crippen LogP contribution is 2.44. The van der Waals surface area contributed by atoms with Crippen molar-refractivity contribution in [2.45, 2.75) is 49.2 Å². The van der Waals surface area contributed by atoms with E-state index in [1.165, 1.54) is 4.31 Å². The normalized spacial score (nSPS) is 27.4. The highest BCUT2D eigenvalue weighted by molar-refractivity contribution is 7.89.